The van der Waals surface area contributed by atoms with Gasteiger partial charge in [-0.05, 0) is 24.3 Å². The Bertz CT molecular complexity index is 750. The fraction of sp³-hybridized carbons (Fsp3) is 0.600. The Kier molecular flexibility index (Phi) is 10.3. The lowest BCUT2D eigenvalue weighted by molar-refractivity contribution is -0.0334. The highest BCUT2D eigenvalue weighted by molar-refractivity contribution is 14.0. The zero-order chi connectivity index (χ0) is 19.9. The summed E-state index contributed by atoms with van der Waals surface area (Å²) in [5, 5.41) is 12.3. The summed E-state index contributed by atoms with van der Waals surface area (Å²) in [4.78, 5) is 13.0. The molecule has 2 unspecified atom stereocenters. The van der Waals surface area contributed by atoms with Crippen molar-refractivity contribution in [1.29, 1.82) is 0 Å². The molecular formula is C20H32IN5OS2. The number of aromatic nitrogens is 1. The summed E-state index contributed by atoms with van der Waals surface area (Å²) in [6.45, 7) is 10.7. The molecule has 0 bridgehead atoms. The van der Waals surface area contributed by atoms with E-state index in [0.717, 1.165) is 42.9 Å². The Hall–Kier alpha value is -0.750. The van der Waals surface area contributed by atoms with E-state index in [-0.39, 0.29) is 30.1 Å². The van der Waals surface area contributed by atoms with Crippen molar-refractivity contribution in [3.8, 4) is 0 Å². The molecule has 6 nitrogen and oxygen atoms in total. The van der Waals surface area contributed by atoms with Crippen LogP contribution in [0.5, 0.6) is 0 Å². The maximum Gasteiger partial charge on any atom is 0.191 e. The number of nitrogens with zero attached hydrogens (tertiary/aromatic N) is 3. The van der Waals surface area contributed by atoms with Gasteiger partial charge in [0.15, 0.2) is 5.96 Å². The van der Waals surface area contributed by atoms with E-state index in [9.17, 15) is 0 Å². The Labute approximate surface area is 199 Å². The summed E-state index contributed by atoms with van der Waals surface area (Å²) in [6, 6.07) is 4.66. The first-order chi connectivity index (χ1) is 13.6. The normalized spacial score (nSPS) is 19.1. The number of guanidine groups is 1. The van der Waals surface area contributed by atoms with Crippen molar-refractivity contribution < 1.29 is 4.74 Å². The minimum Gasteiger partial charge on any atom is -0.376 e. The second-order valence-corrected chi connectivity index (χ2v) is 9.26. The molecule has 2 aromatic rings. The lowest BCUT2D eigenvalue weighted by atomic mass is 10.1. The number of thiazole rings is 1. The van der Waals surface area contributed by atoms with E-state index < -0.39 is 0 Å². The highest BCUT2D eigenvalue weighted by Crippen LogP contribution is 2.26. The monoisotopic (exact) mass is 549 g/mol. The van der Waals surface area contributed by atoms with E-state index >= 15 is 0 Å². The third-order valence-corrected chi connectivity index (χ3v) is 6.68. The van der Waals surface area contributed by atoms with Crippen molar-refractivity contribution >= 4 is 52.6 Å². The fourth-order valence-corrected chi connectivity index (χ4v) is 5.02. The number of thiophene rings is 1. The lowest BCUT2D eigenvalue weighted by Crippen LogP contribution is -2.47. The van der Waals surface area contributed by atoms with Gasteiger partial charge in [-0.25, -0.2) is 4.98 Å². The van der Waals surface area contributed by atoms with E-state index in [4.69, 9.17) is 4.74 Å². The predicted molar refractivity (Wildman–Crippen MR) is 134 cm³/mol. The van der Waals surface area contributed by atoms with Gasteiger partial charge in [-0.15, -0.1) is 46.7 Å². The quantitative estimate of drug-likeness (QED) is 0.310. The van der Waals surface area contributed by atoms with Gasteiger partial charge < -0.3 is 15.4 Å². The van der Waals surface area contributed by atoms with Crippen molar-refractivity contribution in [1.82, 2.24) is 20.5 Å². The van der Waals surface area contributed by atoms with Crippen molar-refractivity contribution in [2.75, 3.05) is 33.3 Å². The molecular weight excluding hydrogens is 517 g/mol. The SMILES string of the molecule is CN=C(NCc1nc(C(C)C)cs1)NCC(c1cccs1)N1CCOC(C)C1.I. The molecule has 0 aliphatic carbocycles. The van der Waals surface area contributed by atoms with Crippen LogP contribution in [0.4, 0.5) is 0 Å². The van der Waals surface area contributed by atoms with Crippen LogP contribution in [0.3, 0.4) is 0 Å². The number of nitrogens with one attached hydrogen (secondary N) is 2. The molecule has 0 saturated carbocycles. The van der Waals surface area contributed by atoms with Crippen LogP contribution in [0.25, 0.3) is 0 Å². The maximum atomic E-state index is 5.73. The molecule has 2 N–H and O–H groups in total. The van der Waals surface area contributed by atoms with Crippen LogP contribution in [0, 0.1) is 0 Å². The summed E-state index contributed by atoms with van der Waals surface area (Å²) in [5.74, 6) is 1.27. The van der Waals surface area contributed by atoms with Crippen LogP contribution >= 0.6 is 46.7 Å². The Morgan fingerprint density at radius 3 is 2.83 bits per heavy atom. The molecule has 3 rings (SSSR count). The van der Waals surface area contributed by atoms with Crippen molar-refractivity contribution in [2.45, 2.75) is 45.4 Å². The Morgan fingerprint density at radius 2 is 2.21 bits per heavy atom. The molecule has 1 fully saturated rings. The van der Waals surface area contributed by atoms with E-state index in [2.05, 4.69) is 69.2 Å². The smallest absolute Gasteiger partial charge is 0.191 e. The van der Waals surface area contributed by atoms with Crippen LogP contribution in [-0.4, -0.2) is 55.2 Å². The van der Waals surface area contributed by atoms with Gasteiger partial charge >= 0.3 is 0 Å². The van der Waals surface area contributed by atoms with Crippen molar-refractivity contribution in [3.05, 3.63) is 38.5 Å². The molecule has 0 spiro atoms. The van der Waals surface area contributed by atoms with E-state index in [0.29, 0.717) is 18.5 Å². The number of aliphatic imine (C=N–C) groups is 1. The zero-order valence-corrected chi connectivity index (χ0v) is 21.5. The van der Waals surface area contributed by atoms with Gasteiger partial charge in [-0.2, -0.15) is 0 Å². The average molecular weight is 550 g/mol. The summed E-state index contributed by atoms with van der Waals surface area (Å²) >= 11 is 3.51. The first-order valence-corrected chi connectivity index (χ1v) is 11.6. The zero-order valence-electron chi connectivity index (χ0n) is 17.6. The second kappa shape index (κ2) is 12.2. The van der Waals surface area contributed by atoms with Gasteiger partial charge in [0, 0.05) is 36.9 Å². The molecule has 0 aromatic carbocycles. The van der Waals surface area contributed by atoms with Gasteiger partial charge in [-0.3, -0.25) is 9.89 Å². The topological polar surface area (TPSA) is 61.8 Å². The molecule has 9 heteroatoms. The van der Waals surface area contributed by atoms with Gasteiger partial charge in [0.2, 0.25) is 0 Å². The van der Waals surface area contributed by atoms with Crippen LogP contribution in [0.1, 0.15) is 48.3 Å². The summed E-state index contributed by atoms with van der Waals surface area (Å²) in [7, 11) is 1.81. The van der Waals surface area contributed by atoms with E-state index in [1.807, 2.05) is 18.4 Å². The first kappa shape index (κ1) is 24.5. The molecule has 1 aliphatic rings. The van der Waals surface area contributed by atoms with Crippen LogP contribution in [-0.2, 0) is 11.3 Å². The third kappa shape index (κ3) is 7.16. The summed E-state index contributed by atoms with van der Waals surface area (Å²) in [6.07, 6.45) is 0.272. The molecule has 2 aromatic heterocycles. The number of rotatable bonds is 7. The van der Waals surface area contributed by atoms with Crippen LogP contribution in [0.15, 0.2) is 27.9 Å². The van der Waals surface area contributed by atoms with Crippen LogP contribution < -0.4 is 10.6 Å². The third-order valence-electron chi connectivity index (χ3n) is 4.84. The average Bonchev–Trinajstić information content (AvgIpc) is 3.36. The number of ether oxygens (including phenoxy) is 1. The Balaban J connectivity index is 0.00000300. The molecule has 0 amide bonds. The largest absolute Gasteiger partial charge is 0.376 e. The molecule has 1 aliphatic heterocycles. The van der Waals surface area contributed by atoms with E-state index in [1.165, 1.54) is 4.88 Å². The van der Waals surface area contributed by atoms with Crippen molar-refractivity contribution in [2.24, 2.45) is 4.99 Å². The van der Waals surface area contributed by atoms with Gasteiger partial charge in [0.1, 0.15) is 5.01 Å². The molecule has 29 heavy (non-hydrogen) atoms. The number of hydrogen-bond acceptors (Lipinski definition) is 6. The second-order valence-electron chi connectivity index (χ2n) is 7.34. The van der Waals surface area contributed by atoms with Gasteiger partial charge in [0.05, 0.1) is 31.0 Å². The summed E-state index contributed by atoms with van der Waals surface area (Å²) < 4.78 is 5.73. The van der Waals surface area contributed by atoms with Crippen molar-refractivity contribution in [3.63, 3.8) is 0 Å². The molecule has 0 radical (unpaired) electrons. The van der Waals surface area contributed by atoms with Gasteiger partial charge in [-0.1, -0.05) is 19.9 Å². The number of halogens is 1. The molecule has 162 valence electrons. The first-order valence-electron chi connectivity index (χ1n) is 9.84. The molecule has 3 heterocycles. The van der Waals surface area contributed by atoms with Gasteiger partial charge in [0.25, 0.3) is 0 Å². The standard InChI is InChI=1S/C20H31N5OS2.HI/c1-14(2)16-13-28-19(24-16)11-23-20(21-4)22-10-17(18-6-5-9-27-18)25-7-8-26-15(3)12-25;/h5-6,9,13-15,17H,7-8,10-12H2,1-4H3,(H2,21,22,23);1H. The van der Waals surface area contributed by atoms with E-state index in [1.54, 1.807) is 11.3 Å². The highest BCUT2D eigenvalue weighted by atomic mass is 127. The fourth-order valence-electron chi connectivity index (χ4n) is 3.26. The predicted octanol–water partition coefficient (Wildman–Crippen LogP) is 4.07. The highest BCUT2D eigenvalue weighted by Gasteiger charge is 2.26. The minimum atomic E-state index is 0. The lowest BCUT2D eigenvalue weighted by Gasteiger charge is -2.37. The maximum absolute atomic E-state index is 5.73. The number of morpholine rings is 1. The Morgan fingerprint density at radius 1 is 1.38 bits per heavy atom. The minimum absolute atomic E-state index is 0. The molecule has 2 atom stereocenters. The molecule has 1 saturated heterocycles. The number of hydrogen-bond donors (Lipinski definition) is 2. The summed E-state index contributed by atoms with van der Waals surface area (Å²) in [5.41, 5.74) is 1.16. The van der Waals surface area contributed by atoms with Crippen LogP contribution in [0.2, 0.25) is 0 Å².